The second-order valence-electron chi connectivity index (χ2n) is 1.67. The zero-order chi connectivity index (χ0) is 11.8. The van der Waals surface area contributed by atoms with Crippen LogP contribution in [-0.2, 0) is 0 Å². The SMILES string of the molecule is FC(F)(F)/C=C/I.FC(F)(F)C=CI. The molecule has 0 aliphatic carbocycles. The van der Waals surface area contributed by atoms with Crippen molar-refractivity contribution in [3.05, 3.63) is 20.3 Å². The van der Waals surface area contributed by atoms with Crippen molar-refractivity contribution in [2.45, 2.75) is 12.4 Å². The van der Waals surface area contributed by atoms with Gasteiger partial charge in [0.1, 0.15) is 0 Å². The fourth-order valence-electron chi connectivity index (χ4n) is 0.143. The Hall–Kier alpha value is 0.520. The summed E-state index contributed by atoms with van der Waals surface area (Å²) in [6.45, 7) is 0. The smallest absolute Gasteiger partial charge is 0.167 e. The largest absolute Gasteiger partial charge is 0.410 e. The van der Waals surface area contributed by atoms with E-state index in [9.17, 15) is 26.3 Å². The van der Waals surface area contributed by atoms with Crippen molar-refractivity contribution in [2.24, 2.45) is 0 Å². The van der Waals surface area contributed by atoms with Crippen molar-refractivity contribution in [3.8, 4) is 0 Å². The Balaban J connectivity index is 0. The maximum absolute atomic E-state index is 11.0. The predicted molar refractivity (Wildman–Crippen MR) is 58.4 cm³/mol. The molecule has 0 saturated heterocycles. The van der Waals surface area contributed by atoms with E-state index in [1.807, 2.05) is 0 Å². The van der Waals surface area contributed by atoms with Gasteiger partial charge in [-0.05, 0) is 8.17 Å². The molecule has 84 valence electrons. The molecule has 0 aliphatic rings. The van der Waals surface area contributed by atoms with Gasteiger partial charge in [0.2, 0.25) is 0 Å². The highest BCUT2D eigenvalue weighted by Crippen LogP contribution is 2.16. The van der Waals surface area contributed by atoms with Gasteiger partial charge in [-0.1, -0.05) is 45.2 Å². The molecule has 0 amide bonds. The summed E-state index contributed by atoms with van der Waals surface area (Å²) in [6.07, 6.45) is -7.93. The lowest BCUT2D eigenvalue weighted by Gasteiger charge is -1.92. The Morgan fingerprint density at radius 2 is 0.857 bits per heavy atom. The molecule has 0 bridgehead atoms. The van der Waals surface area contributed by atoms with E-state index in [-0.39, 0.29) is 12.2 Å². The average molecular weight is 444 g/mol. The van der Waals surface area contributed by atoms with Crippen LogP contribution >= 0.6 is 45.2 Å². The monoisotopic (exact) mass is 444 g/mol. The van der Waals surface area contributed by atoms with E-state index in [1.165, 1.54) is 45.2 Å². The minimum Gasteiger partial charge on any atom is -0.167 e. The van der Waals surface area contributed by atoms with Crippen molar-refractivity contribution >= 4 is 45.2 Å². The van der Waals surface area contributed by atoms with Crippen LogP contribution in [0, 0.1) is 0 Å². The van der Waals surface area contributed by atoms with Crippen LogP contribution in [0.4, 0.5) is 26.3 Å². The van der Waals surface area contributed by atoms with Crippen LogP contribution in [0.5, 0.6) is 0 Å². The van der Waals surface area contributed by atoms with Gasteiger partial charge in [0.15, 0.2) is 0 Å². The third kappa shape index (κ3) is 22.9. The van der Waals surface area contributed by atoms with Gasteiger partial charge in [-0.2, -0.15) is 26.3 Å². The molecule has 0 atom stereocenters. The summed E-state index contributed by atoms with van der Waals surface area (Å²) in [6, 6.07) is 0. The standard InChI is InChI=1S/2C3H2F3I/c2*4-3(5,6)1-2-7/h2*1-2H/b2-1+;. The third-order valence-corrected chi connectivity index (χ3v) is 1.22. The van der Waals surface area contributed by atoms with Gasteiger partial charge in [0.25, 0.3) is 0 Å². The minimum atomic E-state index is -4.14. The lowest BCUT2D eigenvalue weighted by molar-refractivity contribution is -0.0805. The molecule has 0 rings (SSSR count). The van der Waals surface area contributed by atoms with Gasteiger partial charge in [-0.3, -0.25) is 0 Å². The molecule has 0 radical (unpaired) electrons. The van der Waals surface area contributed by atoms with Gasteiger partial charge in [0.05, 0.1) is 0 Å². The number of halogens is 8. The van der Waals surface area contributed by atoms with E-state index in [2.05, 4.69) is 0 Å². The molecule has 14 heavy (non-hydrogen) atoms. The first-order valence-corrected chi connectivity index (χ1v) is 5.31. The molecule has 0 saturated carbocycles. The van der Waals surface area contributed by atoms with Crippen LogP contribution in [0.15, 0.2) is 20.3 Å². The number of alkyl halides is 6. The molecule has 0 aromatic heterocycles. The van der Waals surface area contributed by atoms with E-state index < -0.39 is 12.4 Å². The average Bonchev–Trinajstić information content (AvgIpc) is 1.81. The Kier molecular flexibility index (Phi) is 9.39. The number of rotatable bonds is 0. The second kappa shape index (κ2) is 7.77. The van der Waals surface area contributed by atoms with Crippen molar-refractivity contribution in [1.82, 2.24) is 0 Å². The molecule has 0 aliphatic heterocycles. The highest BCUT2D eigenvalue weighted by atomic mass is 127. The van der Waals surface area contributed by atoms with Crippen LogP contribution < -0.4 is 0 Å². The summed E-state index contributed by atoms with van der Waals surface area (Å²) in [5.74, 6) is 0. The van der Waals surface area contributed by atoms with Gasteiger partial charge < -0.3 is 0 Å². The molecular weight excluding hydrogens is 440 g/mol. The Morgan fingerprint density at radius 3 is 0.857 bits per heavy atom. The van der Waals surface area contributed by atoms with E-state index in [1.54, 1.807) is 0 Å². The zero-order valence-electron chi connectivity index (χ0n) is 6.33. The maximum Gasteiger partial charge on any atom is 0.410 e. The molecule has 0 heterocycles. The zero-order valence-corrected chi connectivity index (χ0v) is 10.6. The Labute approximate surface area is 104 Å². The lowest BCUT2D eigenvalue weighted by Crippen LogP contribution is -1.99. The molecule has 0 spiro atoms. The van der Waals surface area contributed by atoms with Gasteiger partial charge in [-0.25, -0.2) is 0 Å². The molecule has 0 unspecified atom stereocenters. The first kappa shape index (κ1) is 16.9. The first-order chi connectivity index (χ1) is 6.12. The lowest BCUT2D eigenvalue weighted by atomic mass is 10.6. The van der Waals surface area contributed by atoms with Crippen LogP contribution in [0.1, 0.15) is 0 Å². The van der Waals surface area contributed by atoms with E-state index in [0.29, 0.717) is 0 Å². The third-order valence-electron chi connectivity index (χ3n) is 0.504. The van der Waals surface area contributed by atoms with E-state index >= 15 is 0 Å². The summed E-state index contributed by atoms with van der Waals surface area (Å²) in [7, 11) is 0. The van der Waals surface area contributed by atoms with Gasteiger partial charge in [-0.15, -0.1) is 0 Å². The van der Waals surface area contributed by atoms with Gasteiger partial charge >= 0.3 is 12.4 Å². The van der Waals surface area contributed by atoms with Crippen LogP contribution in [-0.4, -0.2) is 12.4 Å². The van der Waals surface area contributed by atoms with Crippen molar-refractivity contribution < 1.29 is 26.3 Å². The molecule has 0 nitrogen and oxygen atoms in total. The van der Waals surface area contributed by atoms with E-state index in [0.717, 1.165) is 8.17 Å². The van der Waals surface area contributed by atoms with Gasteiger partial charge in [0, 0.05) is 12.2 Å². The molecule has 8 heteroatoms. The second-order valence-corrected chi connectivity index (χ2v) is 3.11. The number of hydrogen-bond acceptors (Lipinski definition) is 0. The highest BCUT2D eigenvalue weighted by molar-refractivity contribution is 14.1. The van der Waals surface area contributed by atoms with Crippen molar-refractivity contribution in [2.75, 3.05) is 0 Å². The first-order valence-electron chi connectivity index (χ1n) is 2.81. The summed E-state index contributed by atoms with van der Waals surface area (Å²) in [5, 5.41) is 0. The Morgan fingerprint density at radius 1 is 0.643 bits per heavy atom. The van der Waals surface area contributed by atoms with Crippen LogP contribution in [0.25, 0.3) is 0 Å². The van der Waals surface area contributed by atoms with Crippen LogP contribution in [0.2, 0.25) is 0 Å². The predicted octanol–water partition coefficient (Wildman–Crippen LogP) is 4.99. The van der Waals surface area contributed by atoms with Crippen molar-refractivity contribution in [1.29, 1.82) is 0 Å². The molecule has 0 aromatic carbocycles. The van der Waals surface area contributed by atoms with E-state index in [4.69, 9.17) is 0 Å². The molecule has 0 N–H and O–H groups in total. The van der Waals surface area contributed by atoms with Crippen molar-refractivity contribution in [3.63, 3.8) is 0 Å². The minimum absolute atomic E-state index is 0.174. The summed E-state index contributed by atoms with van der Waals surface area (Å²) < 4.78 is 67.6. The summed E-state index contributed by atoms with van der Waals surface area (Å²) in [5.41, 5.74) is 0. The molecular formula is C6H4F6I2. The topological polar surface area (TPSA) is 0 Å². The summed E-state index contributed by atoms with van der Waals surface area (Å²) in [4.78, 5) is 0. The quantitative estimate of drug-likeness (QED) is 0.365. The summed E-state index contributed by atoms with van der Waals surface area (Å²) >= 11 is 3.02. The number of allylic oxidation sites excluding steroid dienone is 2. The molecule has 0 fully saturated rings. The Bertz CT molecular complexity index is 167. The number of hydrogen-bond donors (Lipinski definition) is 0. The normalized spacial score (nSPS) is 13.1. The van der Waals surface area contributed by atoms with Crippen LogP contribution in [0.3, 0.4) is 0 Å². The fourth-order valence-corrected chi connectivity index (χ4v) is 0.958. The maximum atomic E-state index is 11.0. The molecule has 0 aromatic rings. The highest BCUT2D eigenvalue weighted by Gasteiger charge is 2.21. The fraction of sp³-hybridized carbons (Fsp3) is 0.333.